The van der Waals surface area contributed by atoms with Gasteiger partial charge in [-0.1, -0.05) is 33.6 Å². The maximum atomic E-state index is 11.0. The molecular weight excluding hydrogens is 358 g/mol. The Morgan fingerprint density at radius 3 is 2.52 bits per heavy atom. The Bertz CT molecular complexity index is 704. The number of aryl methyl sites for hydroxylation is 2. The zero-order valence-electron chi connectivity index (χ0n) is 11.5. The van der Waals surface area contributed by atoms with Crippen LogP contribution in [-0.4, -0.2) is 4.92 Å². The second-order valence-electron chi connectivity index (χ2n) is 4.65. The average molecular weight is 371 g/mol. The second kappa shape index (κ2) is 6.45. The van der Waals surface area contributed by atoms with Crippen molar-refractivity contribution >= 4 is 33.2 Å². The number of hydrogen-bond acceptors (Lipinski definition) is 3. The molecule has 0 aliphatic carbocycles. The molecule has 0 aromatic heterocycles. The number of nitro benzene ring substituents is 1. The van der Waals surface area contributed by atoms with Crippen LogP contribution < -0.4 is 4.74 Å². The predicted octanol–water partition coefficient (Wildman–Crippen LogP) is 5.55. The van der Waals surface area contributed by atoms with E-state index in [0.717, 1.165) is 11.1 Å². The normalized spacial score (nSPS) is 10.5. The van der Waals surface area contributed by atoms with Crippen LogP contribution in [0.1, 0.15) is 16.7 Å². The van der Waals surface area contributed by atoms with Crippen LogP contribution in [0.5, 0.6) is 11.5 Å². The minimum Gasteiger partial charge on any atom is -0.457 e. The third kappa shape index (κ3) is 3.54. The lowest BCUT2D eigenvalue weighted by atomic mass is 10.1. The molecule has 4 nitrogen and oxygen atoms in total. The van der Waals surface area contributed by atoms with E-state index in [9.17, 15) is 10.1 Å². The van der Waals surface area contributed by atoms with Crippen molar-refractivity contribution in [2.24, 2.45) is 0 Å². The van der Waals surface area contributed by atoms with Crippen molar-refractivity contribution in [3.05, 3.63) is 62.2 Å². The molecule has 2 rings (SSSR count). The van der Waals surface area contributed by atoms with Crippen LogP contribution in [0.3, 0.4) is 0 Å². The minimum absolute atomic E-state index is 0.0405. The van der Waals surface area contributed by atoms with Crippen LogP contribution in [0.2, 0.25) is 5.02 Å². The molecular formula is C15H13BrClNO3. The average Bonchev–Trinajstić information content (AvgIpc) is 2.41. The van der Waals surface area contributed by atoms with E-state index in [2.05, 4.69) is 15.9 Å². The minimum atomic E-state index is -0.414. The van der Waals surface area contributed by atoms with Crippen LogP contribution in [0.4, 0.5) is 5.69 Å². The fraction of sp³-hybridized carbons (Fsp3) is 0.200. The van der Waals surface area contributed by atoms with Gasteiger partial charge in [0.2, 0.25) is 0 Å². The van der Waals surface area contributed by atoms with Crippen LogP contribution in [0.25, 0.3) is 0 Å². The quantitative estimate of drug-likeness (QED) is 0.402. The Morgan fingerprint density at radius 1 is 1.24 bits per heavy atom. The lowest BCUT2D eigenvalue weighted by Gasteiger charge is -2.11. The molecule has 0 radical (unpaired) electrons. The standard InChI is InChI=1S/C15H13BrClNO3/c1-9-5-10(2)15(7-14(9)18(19)20)21-12-4-3-11(8-16)13(17)6-12/h3-7H,8H2,1-2H3. The first kappa shape index (κ1) is 15.8. The molecule has 2 aromatic rings. The summed E-state index contributed by atoms with van der Waals surface area (Å²) in [6, 6.07) is 8.51. The van der Waals surface area contributed by atoms with Gasteiger partial charge in [-0.25, -0.2) is 0 Å². The predicted molar refractivity (Wildman–Crippen MR) is 86.7 cm³/mol. The number of ether oxygens (including phenoxy) is 1. The highest BCUT2D eigenvalue weighted by molar-refractivity contribution is 9.08. The van der Waals surface area contributed by atoms with Gasteiger partial charge in [0.15, 0.2) is 0 Å². The van der Waals surface area contributed by atoms with E-state index in [1.807, 2.05) is 13.0 Å². The molecule has 0 amide bonds. The van der Waals surface area contributed by atoms with E-state index in [1.165, 1.54) is 6.07 Å². The number of alkyl halides is 1. The SMILES string of the molecule is Cc1cc(C)c([N+](=O)[O-])cc1Oc1ccc(CBr)c(Cl)c1. The summed E-state index contributed by atoms with van der Waals surface area (Å²) in [6.07, 6.45) is 0. The highest BCUT2D eigenvalue weighted by Crippen LogP contribution is 2.33. The number of nitro groups is 1. The monoisotopic (exact) mass is 369 g/mol. The van der Waals surface area contributed by atoms with E-state index in [1.54, 1.807) is 25.1 Å². The van der Waals surface area contributed by atoms with Crippen molar-refractivity contribution in [2.75, 3.05) is 0 Å². The molecule has 6 heteroatoms. The Labute approximate surface area is 136 Å². The van der Waals surface area contributed by atoms with Gasteiger partial charge in [-0.2, -0.15) is 0 Å². The first-order valence-electron chi connectivity index (χ1n) is 6.20. The summed E-state index contributed by atoms with van der Waals surface area (Å²) in [5.74, 6) is 1.00. The Morgan fingerprint density at radius 2 is 1.95 bits per heavy atom. The van der Waals surface area contributed by atoms with Crippen LogP contribution in [0, 0.1) is 24.0 Å². The summed E-state index contributed by atoms with van der Waals surface area (Å²) in [7, 11) is 0. The van der Waals surface area contributed by atoms with Crippen LogP contribution in [-0.2, 0) is 5.33 Å². The summed E-state index contributed by atoms with van der Waals surface area (Å²) in [5.41, 5.74) is 2.44. The van der Waals surface area contributed by atoms with Gasteiger partial charge in [0.05, 0.1) is 11.0 Å². The van der Waals surface area contributed by atoms with Gasteiger partial charge >= 0.3 is 0 Å². The molecule has 21 heavy (non-hydrogen) atoms. The smallest absolute Gasteiger partial charge is 0.276 e. The van der Waals surface area contributed by atoms with Crippen molar-refractivity contribution in [2.45, 2.75) is 19.2 Å². The molecule has 0 atom stereocenters. The summed E-state index contributed by atoms with van der Waals surface area (Å²) in [6.45, 7) is 3.55. The number of hydrogen-bond donors (Lipinski definition) is 0. The molecule has 0 saturated carbocycles. The molecule has 0 bridgehead atoms. The Balaban J connectivity index is 2.37. The summed E-state index contributed by atoms with van der Waals surface area (Å²) in [4.78, 5) is 10.6. The van der Waals surface area contributed by atoms with Crippen LogP contribution >= 0.6 is 27.5 Å². The first-order valence-corrected chi connectivity index (χ1v) is 7.70. The number of benzene rings is 2. The largest absolute Gasteiger partial charge is 0.457 e. The van der Waals surface area contributed by atoms with Crippen molar-refractivity contribution < 1.29 is 9.66 Å². The van der Waals surface area contributed by atoms with E-state index in [-0.39, 0.29) is 5.69 Å². The third-order valence-electron chi connectivity index (χ3n) is 3.09. The van der Waals surface area contributed by atoms with Gasteiger partial charge in [-0.15, -0.1) is 0 Å². The van der Waals surface area contributed by atoms with Crippen molar-refractivity contribution in [3.63, 3.8) is 0 Å². The zero-order chi connectivity index (χ0) is 15.6. The van der Waals surface area contributed by atoms with Gasteiger partial charge < -0.3 is 4.74 Å². The first-order chi connectivity index (χ1) is 9.92. The van der Waals surface area contributed by atoms with Crippen molar-refractivity contribution in [3.8, 4) is 11.5 Å². The Hall–Kier alpha value is -1.59. The van der Waals surface area contributed by atoms with Gasteiger partial charge in [-0.05, 0) is 43.2 Å². The van der Waals surface area contributed by atoms with E-state index >= 15 is 0 Å². The number of halogens is 2. The Kier molecular flexibility index (Phi) is 4.85. The molecule has 0 fully saturated rings. The lowest BCUT2D eigenvalue weighted by molar-refractivity contribution is -0.385. The zero-order valence-corrected chi connectivity index (χ0v) is 13.9. The number of rotatable bonds is 4. The summed E-state index contributed by atoms with van der Waals surface area (Å²) in [5, 5.41) is 12.2. The highest BCUT2D eigenvalue weighted by atomic mass is 79.9. The number of nitrogens with zero attached hydrogens (tertiary/aromatic N) is 1. The van der Waals surface area contributed by atoms with E-state index in [4.69, 9.17) is 16.3 Å². The molecule has 0 aliphatic heterocycles. The van der Waals surface area contributed by atoms with E-state index in [0.29, 0.717) is 27.4 Å². The third-order valence-corrected chi connectivity index (χ3v) is 4.04. The molecule has 0 N–H and O–H groups in total. The van der Waals surface area contributed by atoms with E-state index < -0.39 is 4.92 Å². The molecule has 0 unspecified atom stereocenters. The topological polar surface area (TPSA) is 52.4 Å². The van der Waals surface area contributed by atoms with Gasteiger partial charge in [0.1, 0.15) is 11.5 Å². The molecule has 0 aliphatic rings. The summed E-state index contributed by atoms with van der Waals surface area (Å²) < 4.78 is 5.73. The fourth-order valence-corrected chi connectivity index (χ4v) is 2.84. The highest BCUT2D eigenvalue weighted by Gasteiger charge is 2.15. The maximum Gasteiger partial charge on any atom is 0.276 e. The van der Waals surface area contributed by atoms with Gasteiger partial charge in [0, 0.05) is 15.9 Å². The maximum absolute atomic E-state index is 11.0. The summed E-state index contributed by atoms with van der Waals surface area (Å²) >= 11 is 9.47. The van der Waals surface area contributed by atoms with Crippen molar-refractivity contribution in [1.29, 1.82) is 0 Å². The fourth-order valence-electron chi connectivity index (χ4n) is 1.96. The molecule has 0 saturated heterocycles. The lowest BCUT2D eigenvalue weighted by Crippen LogP contribution is -1.95. The molecule has 0 heterocycles. The second-order valence-corrected chi connectivity index (χ2v) is 5.62. The molecule has 0 spiro atoms. The molecule has 2 aromatic carbocycles. The van der Waals surface area contributed by atoms with Crippen LogP contribution in [0.15, 0.2) is 30.3 Å². The molecule has 110 valence electrons. The van der Waals surface area contributed by atoms with Crippen molar-refractivity contribution in [1.82, 2.24) is 0 Å². The van der Waals surface area contributed by atoms with Gasteiger partial charge in [-0.3, -0.25) is 10.1 Å². The van der Waals surface area contributed by atoms with Gasteiger partial charge in [0.25, 0.3) is 5.69 Å².